The number of hydrogen-bond donors (Lipinski definition) is 0. The zero-order valence-corrected chi connectivity index (χ0v) is 8.98. The van der Waals surface area contributed by atoms with Gasteiger partial charge in [-0.2, -0.15) is 0 Å². The van der Waals surface area contributed by atoms with E-state index in [0.717, 1.165) is 12.2 Å². The molecule has 12 heavy (non-hydrogen) atoms. The van der Waals surface area contributed by atoms with E-state index >= 15 is 0 Å². The van der Waals surface area contributed by atoms with Crippen molar-refractivity contribution in [3.63, 3.8) is 0 Å². The van der Waals surface area contributed by atoms with Crippen LogP contribution in [-0.2, 0) is 4.74 Å². The summed E-state index contributed by atoms with van der Waals surface area (Å²) in [4.78, 5) is 0. The van der Waals surface area contributed by atoms with Crippen LogP contribution in [0, 0.1) is 0 Å². The monoisotopic (exact) mass is 188 g/mol. The molecule has 1 atom stereocenters. The van der Waals surface area contributed by atoms with Gasteiger partial charge in [-0.1, -0.05) is 18.6 Å². The van der Waals surface area contributed by atoms with Gasteiger partial charge in [0.05, 0.1) is 12.5 Å². The number of methoxy groups -OCH3 is 1. The van der Waals surface area contributed by atoms with Gasteiger partial charge in [-0.3, -0.25) is 0 Å². The van der Waals surface area contributed by atoms with Gasteiger partial charge in [0, 0.05) is 0 Å². The number of rotatable bonds is 4. The predicted molar refractivity (Wildman–Crippen MR) is 54.5 cm³/mol. The molecule has 0 saturated carbocycles. The van der Waals surface area contributed by atoms with Crippen molar-refractivity contribution in [2.24, 2.45) is 0 Å². The fraction of sp³-hybridized carbons (Fsp3) is 0.600. The van der Waals surface area contributed by atoms with Gasteiger partial charge >= 0.3 is 0 Å². The minimum atomic E-state index is -0.00870. The lowest BCUT2D eigenvalue weighted by Gasteiger charge is -2.09. The highest BCUT2D eigenvalue weighted by Gasteiger charge is 2.06. The predicted octanol–water partition coefficient (Wildman–Crippen LogP) is 3.50. The van der Waals surface area contributed by atoms with Gasteiger partial charge in [0.15, 0.2) is 0 Å². The van der Waals surface area contributed by atoms with E-state index in [4.69, 9.17) is 16.3 Å². The average molecular weight is 189 g/mol. The van der Waals surface area contributed by atoms with Crippen LogP contribution in [0.1, 0.15) is 27.2 Å². The summed E-state index contributed by atoms with van der Waals surface area (Å²) in [5, 5.41) is -0.00870. The van der Waals surface area contributed by atoms with E-state index in [1.165, 1.54) is 5.57 Å². The molecule has 0 amide bonds. The fourth-order valence-electron chi connectivity index (χ4n) is 0.750. The standard InChI is InChI=1S/C10H17ClO/c1-5-9(11)10(12-4)7-6-8(2)3/h6-7,9H,5H2,1-4H3. The third-order valence-corrected chi connectivity index (χ3v) is 2.01. The molecule has 0 heterocycles. The first-order valence-electron chi connectivity index (χ1n) is 4.15. The van der Waals surface area contributed by atoms with Crippen LogP contribution < -0.4 is 0 Å². The summed E-state index contributed by atoms with van der Waals surface area (Å²) in [5.41, 5.74) is 1.24. The molecule has 2 heteroatoms. The number of allylic oxidation sites excluding steroid dienone is 4. The third-order valence-electron chi connectivity index (χ3n) is 1.48. The first kappa shape index (κ1) is 11.6. The van der Waals surface area contributed by atoms with Crippen molar-refractivity contribution in [3.8, 4) is 0 Å². The van der Waals surface area contributed by atoms with E-state index in [1.54, 1.807) is 7.11 Å². The quantitative estimate of drug-likeness (QED) is 0.373. The molecule has 0 aromatic heterocycles. The van der Waals surface area contributed by atoms with Crippen LogP contribution in [0.25, 0.3) is 0 Å². The molecule has 0 N–H and O–H groups in total. The van der Waals surface area contributed by atoms with Crippen LogP contribution in [0.5, 0.6) is 0 Å². The second kappa shape index (κ2) is 6.13. The van der Waals surface area contributed by atoms with Crippen LogP contribution >= 0.6 is 11.6 Å². The summed E-state index contributed by atoms with van der Waals surface area (Å²) in [7, 11) is 1.65. The third kappa shape index (κ3) is 4.45. The Bertz CT molecular complexity index is 178. The Hall–Kier alpha value is -0.430. The van der Waals surface area contributed by atoms with Crippen molar-refractivity contribution < 1.29 is 4.74 Å². The van der Waals surface area contributed by atoms with Crippen molar-refractivity contribution in [1.29, 1.82) is 0 Å². The van der Waals surface area contributed by atoms with Crippen molar-refractivity contribution in [2.45, 2.75) is 32.6 Å². The lowest BCUT2D eigenvalue weighted by atomic mass is 10.2. The number of halogens is 1. The molecule has 0 aliphatic rings. The molecule has 70 valence electrons. The number of alkyl halides is 1. The molecule has 1 unspecified atom stereocenters. The molecule has 0 bridgehead atoms. The first-order chi connectivity index (χ1) is 5.61. The highest BCUT2D eigenvalue weighted by molar-refractivity contribution is 6.22. The van der Waals surface area contributed by atoms with Crippen LogP contribution in [0.3, 0.4) is 0 Å². The van der Waals surface area contributed by atoms with Crippen molar-refractivity contribution >= 4 is 11.6 Å². The fourth-order valence-corrected chi connectivity index (χ4v) is 0.912. The molecular weight excluding hydrogens is 172 g/mol. The minimum absolute atomic E-state index is 0.00870. The van der Waals surface area contributed by atoms with E-state index in [0.29, 0.717) is 0 Å². The molecule has 0 aromatic rings. The highest BCUT2D eigenvalue weighted by Crippen LogP contribution is 2.14. The Morgan fingerprint density at radius 2 is 2.00 bits per heavy atom. The van der Waals surface area contributed by atoms with Gasteiger partial charge in [0.1, 0.15) is 5.76 Å². The summed E-state index contributed by atoms with van der Waals surface area (Å²) in [6.45, 7) is 6.12. The lowest BCUT2D eigenvalue weighted by molar-refractivity contribution is 0.278. The van der Waals surface area contributed by atoms with Crippen LogP contribution in [-0.4, -0.2) is 12.5 Å². The molecule has 0 aromatic carbocycles. The largest absolute Gasteiger partial charge is 0.500 e. The van der Waals surface area contributed by atoms with E-state index in [2.05, 4.69) is 0 Å². The van der Waals surface area contributed by atoms with Gasteiger partial charge in [-0.05, 0) is 26.3 Å². The molecule has 0 fully saturated rings. The molecule has 0 aliphatic heterocycles. The summed E-state index contributed by atoms with van der Waals surface area (Å²) < 4.78 is 5.14. The lowest BCUT2D eigenvalue weighted by Crippen LogP contribution is -2.02. The van der Waals surface area contributed by atoms with Gasteiger partial charge < -0.3 is 4.74 Å². The molecule has 1 nitrogen and oxygen atoms in total. The van der Waals surface area contributed by atoms with Crippen LogP contribution in [0.2, 0.25) is 0 Å². The molecule has 0 saturated heterocycles. The Labute approximate surface area is 80.1 Å². The van der Waals surface area contributed by atoms with Gasteiger partial charge in [0.2, 0.25) is 0 Å². The highest BCUT2D eigenvalue weighted by atomic mass is 35.5. The van der Waals surface area contributed by atoms with E-state index < -0.39 is 0 Å². The molecule has 0 aliphatic carbocycles. The first-order valence-corrected chi connectivity index (χ1v) is 4.58. The smallest absolute Gasteiger partial charge is 0.113 e. The van der Waals surface area contributed by atoms with E-state index in [1.807, 2.05) is 32.9 Å². The van der Waals surface area contributed by atoms with Gasteiger partial charge in [0.25, 0.3) is 0 Å². The Balaban J connectivity index is 4.33. The molecule has 0 radical (unpaired) electrons. The Morgan fingerprint density at radius 3 is 2.33 bits per heavy atom. The summed E-state index contributed by atoms with van der Waals surface area (Å²) in [6.07, 6.45) is 4.82. The average Bonchev–Trinajstić information content (AvgIpc) is 2.04. The Morgan fingerprint density at radius 1 is 1.42 bits per heavy atom. The maximum absolute atomic E-state index is 5.99. The van der Waals surface area contributed by atoms with Gasteiger partial charge in [-0.25, -0.2) is 0 Å². The number of hydrogen-bond acceptors (Lipinski definition) is 1. The van der Waals surface area contributed by atoms with Crippen molar-refractivity contribution in [2.75, 3.05) is 7.11 Å². The van der Waals surface area contributed by atoms with Crippen LogP contribution in [0.15, 0.2) is 23.5 Å². The molecular formula is C10H17ClO. The minimum Gasteiger partial charge on any atom is -0.500 e. The second-order valence-corrected chi connectivity index (χ2v) is 3.42. The summed E-state index contributed by atoms with van der Waals surface area (Å²) >= 11 is 5.99. The summed E-state index contributed by atoms with van der Waals surface area (Å²) in [5.74, 6) is 0.834. The number of ether oxygens (including phenoxy) is 1. The zero-order valence-electron chi connectivity index (χ0n) is 8.23. The SMILES string of the molecule is CCC(Cl)C(=CC=C(C)C)OC. The second-order valence-electron chi connectivity index (χ2n) is 2.89. The van der Waals surface area contributed by atoms with E-state index in [-0.39, 0.29) is 5.38 Å². The Kier molecular flexibility index (Phi) is 5.91. The topological polar surface area (TPSA) is 9.23 Å². The molecule has 0 rings (SSSR count). The zero-order chi connectivity index (χ0) is 9.56. The van der Waals surface area contributed by atoms with Crippen LogP contribution in [0.4, 0.5) is 0 Å². The van der Waals surface area contributed by atoms with Gasteiger partial charge in [-0.15, -0.1) is 11.6 Å². The van der Waals surface area contributed by atoms with E-state index in [9.17, 15) is 0 Å². The maximum Gasteiger partial charge on any atom is 0.113 e. The normalized spacial score (nSPS) is 13.9. The van der Waals surface area contributed by atoms with Crippen molar-refractivity contribution in [3.05, 3.63) is 23.5 Å². The van der Waals surface area contributed by atoms with Crippen molar-refractivity contribution in [1.82, 2.24) is 0 Å². The maximum atomic E-state index is 5.99. The molecule has 0 spiro atoms. The summed E-state index contributed by atoms with van der Waals surface area (Å²) in [6, 6.07) is 0.